The summed E-state index contributed by atoms with van der Waals surface area (Å²) in [6.07, 6.45) is 0.688. The number of nitrogens with one attached hydrogen (secondary N) is 1. The molecule has 0 unspecified atom stereocenters. The molecule has 10 heteroatoms. The van der Waals surface area contributed by atoms with Crippen molar-refractivity contribution in [3.63, 3.8) is 0 Å². The molecule has 7 nitrogen and oxygen atoms in total. The molecule has 0 saturated carbocycles. The van der Waals surface area contributed by atoms with Crippen molar-refractivity contribution < 1.29 is 22.7 Å². The van der Waals surface area contributed by atoms with Gasteiger partial charge >= 0.3 is 0 Å². The highest BCUT2D eigenvalue weighted by atomic mass is 19.3. The van der Waals surface area contributed by atoms with Crippen LogP contribution in [-0.2, 0) is 11.2 Å². The van der Waals surface area contributed by atoms with Gasteiger partial charge in [0.25, 0.3) is 6.43 Å². The summed E-state index contributed by atoms with van der Waals surface area (Å²) in [4.78, 5) is 27.8. The maximum Gasteiger partial charge on any atom is 0.280 e. The zero-order valence-corrected chi connectivity index (χ0v) is 20.9. The SMILES string of the molecule is COc1cc([C@@H](C)C(=O)N2CC[C@@]3(CCc4cc(-c5cccc(C(F)F)n5)c(C)nc4N3)C2)c(F)cn1. The van der Waals surface area contributed by atoms with Crippen molar-refractivity contribution >= 4 is 11.7 Å². The lowest BCUT2D eigenvalue weighted by Gasteiger charge is -2.36. The normalized spacial score (nSPS) is 19.6. The molecule has 1 N–H and O–H groups in total. The molecule has 1 saturated heterocycles. The van der Waals surface area contributed by atoms with Crippen molar-refractivity contribution in [2.24, 2.45) is 0 Å². The van der Waals surface area contributed by atoms with Gasteiger partial charge in [0.15, 0.2) is 0 Å². The zero-order chi connectivity index (χ0) is 26.3. The van der Waals surface area contributed by atoms with Crippen molar-refractivity contribution in [2.75, 3.05) is 25.5 Å². The van der Waals surface area contributed by atoms with Gasteiger partial charge in [0, 0.05) is 36.0 Å². The Morgan fingerprint density at radius 2 is 2.03 bits per heavy atom. The second-order valence-corrected chi connectivity index (χ2v) is 9.76. The number of pyridine rings is 3. The van der Waals surface area contributed by atoms with E-state index in [0.29, 0.717) is 24.5 Å². The number of halogens is 3. The van der Waals surface area contributed by atoms with E-state index in [-0.39, 0.29) is 28.6 Å². The smallest absolute Gasteiger partial charge is 0.280 e. The summed E-state index contributed by atoms with van der Waals surface area (Å²) in [6, 6.07) is 8.04. The molecule has 2 aliphatic rings. The first kappa shape index (κ1) is 25.0. The van der Waals surface area contributed by atoms with E-state index in [1.54, 1.807) is 24.0 Å². The van der Waals surface area contributed by atoms with Crippen molar-refractivity contribution in [3.05, 3.63) is 64.9 Å². The lowest BCUT2D eigenvalue weighted by atomic mass is 9.86. The second kappa shape index (κ2) is 9.64. The third-order valence-electron chi connectivity index (χ3n) is 7.39. The highest BCUT2D eigenvalue weighted by Crippen LogP contribution is 2.39. The van der Waals surface area contributed by atoms with Crippen LogP contribution in [0.25, 0.3) is 11.3 Å². The van der Waals surface area contributed by atoms with Crippen LogP contribution < -0.4 is 10.1 Å². The number of anilines is 1. The van der Waals surface area contributed by atoms with E-state index in [9.17, 15) is 18.0 Å². The molecule has 0 bridgehead atoms. The monoisotopic (exact) mass is 511 g/mol. The molecule has 0 aliphatic carbocycles. The summed E-state index contributed by atoms with van der Waals surface area (Å²) in [7, 11) is 1.45. The third kappa shape index (κ3) is 4.72. The Kier molecular flexibility index (Phi) is 6.51. The number of nitrogens with zero attached hydrogens (tertiary/aromatic N) is 4. The maximum absolute atomic E-state index is 14.4. The quantitative estimate of drug-likeness (QED) is 0.516. The molecule has 0 aromatic carbocycles. The van der Waals surface area contributed by atoms with Crippen LogP contribution in [0.5, 0.6) is 5.88 Å². The lowest BCUT2D eigenvalue weighted by Crippen LogP contribution is -2.46. The molecule has 3 aromatic rings. The summed E-state index contributed by atoms with van der Waals surface area (Å²) in [5.74, 6) is -0.367. The molecule has 5 rings (SSSR count). The first-order valence-electron chi connectivity index (χ1n) is 12.2. The van der Waals surface area contributed by atoms with Crippen LogP contribution in [0.1, 0.15) is 54.6 Å². The average molecular weight is 512 g/mol. The second-order valence-electron chi connectivity index (χ2n) is 9.76. The first-order chi connectivity index (χ1) is 17.7. The Balaban J connectivity index is 1.33. The Morgan fingerprint density at radius 1 is 1.22 bits per heavy atom. The van der Waals surface area contributed by atoms with Crippen LogP contribution in [-0.4, -0.2) is 51.5 Å². The van der Waals surface area contributed by atoms with Gasteiger partial charge in [0.1, 0.15) is 17.3 Å². The van der Waals surface area contributed by atoms with E-state index in [4.69, 9.17) is 9.72 Å². The van der Waals surface area contributed by atoms with E-state index in [1.807, 2.05) is 13.0 Å². The van der Waals surface area contributed by atoms with E-state index in [2.05, 4.69) is 15.3 Å². The van der Waals surface area contributed by atoms with Gasteiger partial charge in [-0.25, -0.2) is 28.1 Å². The van der Waals surface area contributed by atoms with Crippen LogP contribution in [0.2, 0.25) is 0 Å². The van der Waals surface area contributed by atoms with Gasteiger partial charge in [-0.05, 0) is 56.9 Å². The van der Waals surface area contributed by atoms with Gasteiger partial charge in [0.05, 0.1) is 30.5 Å². The predicted molar refractivity (Wildman–Crippen MR) is 132 cm³/mol. The van der Waals surface area contributed by atoms with Crippen molar-refractivity contribution in [1.29, 1.82) is 0 Å². The van der Waals surface area contributed by atoms with Crippen LogP contribution >= 0.6 is 0 Å². The zero-order valence-electron chi connectivity index (χ0n) is 20.9. The molecule has 0 radical (unpaired) electrons. The fraction of sp³-hybridized carbons (Fsp3) is 0.407. The minimum atomic E-state index is -2.64. The van der Waals surface area contributed by atoms with Crippen LogP contribution in [0.4, 0.5) is 19.0 Å². The standard InChI is InChI=1S/C27H28F3N5O2/c1-15(18-12-23(37-3)31-13-20(18)28)26(36)35-10-9-27(14-35)8-7-17-11-19(16(2)32-25(17)34-27)21-5-4-6-22(33-21)24(29)30/h4-6,11-13,15,24H,7-10,14H2,1-3H3,(H,32,34)/t15-,27+/m1/s1. The first-order valence-corrected chi connectivity index (χ1v) is 12.2. The Labute approximate surface area is 213 Å². The number of ether oxygens (including phenoxy) is 1. The predicted octanol–water partition coefficient (Wildman–Crippen LogP) is 5.07. The maximum atomic E-state index is 14.4. The van der Waals surface area contributed by atoms with Crippen LogP contribution in [0.15, 0.2) is 36.5 Å². The number of fused-ring (bicyclic) bond motifs is 1. The summed E-state index contributed by atoms with van der Waals surface area (Å²) in [6.45, 7) is 4.56. The Hall–Kier alpha value is -3.69. The van der Waals surface area contributed by atoms with Crippen molar-refractivity contribution in [2.45, 2.75) is 51.0 Å². The molecule has 2 atom stereocenters. The number of rotatable bonds is 5. The number of alkyl halides is 2. The van der Waals surface area contributed by atoms with Gasteiger partial charge < -0.3 is 15.0 Å². The number of amides is 1. The number of likely N-dealkylation sites (tertiary alicyclic amines) is 1. The molecule has 1 fully saturated rings. The molecule has 37 heavy (non-hydrogen) atoms. The number of carbonyl (C=O) groups is 1. The molecule has 1 spiro atoms. The summed E-state index contributed by atoms with van der Waals surface area (Å²) in [5, 5.41) is 3.57. The minimum absolute atomic E-state index is 0.152. The fourth-order valence-electron chi connectivity index (χ4n) is 5.27. The highest BCUT2D eigenvalue weighted by Gasteiger charge is 2.43. The van der Waals surface area contributed by atoms with Gasteiger partial charge in [-0.3, -0.25) is 4.79 Å². The van der Waals surface area contributed by atoms with Gasteiger partial charge in [-0.1, -0.05) is 6.07 Å². The van der Waals surface area contributed by atoms with E-state index >= 15 is 0 Å². The molecule has 194 valence electrons. The van der Waals surface area contributed by atoms with E-state index in [0.717, 1.165) is 42.4 Å². The highest BCUT2D eigenvalue weighted by molar-refractivity contribution is 5.84. The number of aromatic nitrogens is 3. The van der Waals surface area contributed by atoms with Crippen molar-refractivity contribution in [1.82, 2.24) is 19.9 Å². The number of hydrogen-bond donors (Lipinski definition) is 1. The van der Waals surface area contributed by atoms with Gasteiger partial charge in [-0.2, -0.15) is 0 Å². The number of hydrogen-bond acceptors (Lipinski definition) is 6. The Morgan fingerprint density at radius 3 is 2.78 bits per heavy atom. The molecular formula is C27H28F3N5O2. The molecular weight excluding hydrogens is 483 g/mol. The average Bonchev–Trinajstić information content (AvgIpc) is 3.30. The topological polar surface area (TPSA) is 80.2 Å². The molecule has 5 heterocycles. The largest absolute Gasteiger partial charge is 0.481 e. The summed E-state index contributed by atoms with van der Waals surface area (Å²) >= 11 is 0. The van der Waals surface area contributed by atoms with Crippen molar-refractivity contribution in [3.8, 4) is 17.1 Å². The molecule has 2 aliphatic heterocycles. The lowest BCUT2D eigenvalue weighted by molar-refractivity contribution is -0.131. The van der Waals surface area contributed by atoms with Crippen LogP contribution in [0, 0.1) is 12.7 Å². The summed E-state index contributed by atoms with van der Waals surface area (Å²) in [5.41, 5.74) is 2.54. The Bertz CT molecular complexity index is 1350. The van der Waals surface area contributed by atoms with Gasteiger partial charge in [-0.15, -0.1) is 0 Å². The number of methoxy groups -OCH3 is 1. The molecule has 1 amide bonds. The van der Waals surface area contributed by atoms with E-state index in [1.165, 1.54) is 19.2 Å². The number of carbonyl (C=O) groups excluding carboxylic acids is 1. The number of aryl methyl sites for hydroxylation is 2. The van der Waals surface area contributed by atoms with E-state index < -0.39 is 18.2 Å². The summed E-state index contributed by atoms with van der Waals surface area (Å²) < 4.78 is 45.8. The molecule has 3 aromatic heterocycles. The fourth-order valence-corrected chi connectivity index (χ4v) is 5.27. The van der Waals surface area contributed by atoms with Gasteiger partial charge in [0.2, 0.25) is 11.8 Å². The minimum Gasteiger partial charge on any atom is -0.481 e. The third-order valence-corrected chi connectivity index (χ3v) is 7.39. The van der Waals surface area contributed by atoms with Crippen LogP contribution in [0.3, 0.4) is 0 Å².